The Morgan fingerprint density at radius 1 is 1.08 bits per heavy atom. The van der Waals surface area contributed by atoms with Crippen LogP contribution < -0.4 is 0 Å². The van der Waals surface area contributed by atoms with Crippen LogP contribution in [0.25, 0.3) is 0 Å². The van der Waals surface area contributed by atoms with Gasteiger partial charge >= 0.3 is 8.60 Å². The zero-order chi connectivity index (χ0) is 18.1. The van der Waals surface area contributed by atoms with E-state index in [0.29, 0.717) is 6.61 Å². The maximum absolute atomic E-state index is 12.2. The van der Waals surface area contributed by atoms with Gasteiger partial charge in [0.05, 0.1) is 13.2 Å². The van der Waals surface area contributed by atoms with Gasteiger partial charge in [-0.1, -0.05) is 0 Å². The highest BCUT2D eigenvalue weighted by atomic mass is 31.2. The van der Waals surface area contributed by atoms with Gasteiger partial charge in [-0.15, -0.1) is 0 Å². The number of hydrogen-bond acceptors (Lipinski definition) is 7. The summed E-state index contributed by atoms with van der Waals surface area (Å²) in [7, 11) is 4.56. The third kappa shape index (κ3) is 4.62. The Hall–Kier alpha value is -0.830. The zero-order valence-corrected chi connectivity index (χ0v) is 15.7. The average molecular weight is 364 g/mol. The number of carbonyl (C=O) groups is 2. The van der Waals surface area contributed by atoms with Gasteiger partial charge in [0, 0.05) is 28.2 Å². The SMILES string of the molecule is CN(C)C(=O)[C@@H]1OP(OCC2COC(C)(C)O2)O[C@H]1C(=O)N(C)C. The van der Waals surface area contributed by atoms with E-state index in [1.807, 2.05) is 13.8 Å². The molecule has 24 heavy (non-hydrogen) atoms. The van der Waals surface area contributed by atoms with E-state index < -0.39 is 26.6 Å². The summed E-state index contributed by atoms with van der Waals surface area (Å²) >= 11 is 0. The molecule has 2 aliphatic heterocycles. The molecule has 0 spiro atoms. The van der Waals surface area contributed by atoms with Crippen molar-refractivity contribution >= 4 is 20.4 Å². The number of rotatable bonds is 5. The summed E-state index contributed by atoms with van der Waals surface area (Å²) in [6.45, 7) is 4.23. The molecule has 0 saturated carbocycles. The Balaban J connectivity index is 1.95. The van der Waals surface area contributed by atoms with Crippen LogP contribution >= 0.6 is 8.60 Å². The van der Waals surface area contributed by atoms with Crippen molar-refractivity contribution in [1.82, 2.24) is 9.80 Å². The van der Waals surface area contributed by atoms with Gasteiger partial charge in [-0.3, -0.25) is 18.6 Å². The van der Waals surface area contributed by atoms with Crippen molar-refractivity contribution in [3.05, 3.63) is 0 Å². The molecular weight excluding hydrogens is 339 g/mol. The lowest BCUT2D eigenvalue weighted by atomic mass is 10.1. The molecule has 3 atom stereocenters. The van der Waals surface area contributed by atoms with Gasteiger partial charge in [0.25, 0.3) is 11.8 Å². The van der Waals surface area contributed by atoms with Crippen LogP contribution in [-0.2, 0) is 32.6 Å². The Bertz CT molecular complexity index is 458. The number of carbonyl (C=O) groups excluding carboxylic acids is 2. The monoisotopic (exact) mass is 364 g/mol. The third-order valence-electron chi connectivity index (χ3n) is 3.48. The summed E-state index contributed by atoms with van der Waals surface area (Å²) in [4.78, 5) is 27.2. The number of ether oxygens (including phenoxy) is 2. The van der Waals surface area contributed by atoms with Gasteiger partial charge in [-0.25, -0.2) is 0 Å². The minimum Gasteiger partial charge on any atom is -0.348 e. The Morgan fingerprint density at radius 3 is 1.96 bits per heavy atom. The van der Waals surface area contributed by atoms with Crippen LogP contribution in [0, 0.1) is 0 Å². The Morgan fingerprint density at radius 2 is 1.58 bits per heavy atom. The van der Waals surface area contributed by atoms with Gasteiger partial charge in [0.2, 0.25) is 0 Å². The van der Waals surface area contributed by atoms with Crippen LogP contribution in [0.5, 0.6) is 0 Å². The number of nitrogens with zero attached hydrogens (tertiary/aromatic N) is 2. The summed E-state index contributed by atoms with van der Waals surface area (Å²) in [6, 6.07) is 0. The third-order valence-corrected chi connectivity index (χ3v) is 4.63. The molecular formula is C14H25N2O7P. The highest BCUT2D eigenvalue weighted by Crippen LogP contribution is 2.50. The summed E-state index contributed by atoms with van der Waals surface area (Å²) in [5, 5.41) is 0. The highest BCUT2D eigenvalue weighted by molar-refractivity contribution is 7.42. The van der Waals surface area contributed by atoms with Crippen molar-refractivity contribution in [2.75, 3.05) is 41.4 Å². The molecule has 0 aromatic carbocycles. The lowest BCUT2D eigenvalue weighted by molar-refractivity contribution is -0.146. The van der Waals surface area contributed by atoms with Gasteiger partial charge in [0.15, 0.2) is 18.0 Å². The summed E-state index contributed by atoms with van der Waals surface area (Å²) in [5.41, 5.74) is 0. The molecule has 10 heteroatoms. The van der Waals surface area contributed by atoms with Crippen molar-refractivity contribution < 1.29 is 32.6 Å². The topological polar surface area (TPSA) is 86.8 Å². The lowest BCUT2D eigenvalue weighted by Crippen LogP contribution is -2.47. The summed E-state index contributed by atoms with van der Waals surface area (Å²) in [5.74, 6) is -1.33. The van der Waals surface area contributed by atoms with Crippen molar-refractivity contribution in [3.8, 4) is 0 Å². The smallest absolute Gasteiger partial charge is 0.334 e. The molecule has 2 rings (SSSR count). The van der Waals surface area contributed by atoms with Crippen LogP contribution in [0.4, 0.5) is 0 Å². The molecule has 0 aliphatic carbocycles. The standard InChI is InChI=1S/C14H25N2O7P/c1-14(2)19-7-9(21-14)8-20-24-22-10(12(17)15(3)4)11(23-24)13(18)16(5)6/h9-11H,7-8H2,1-6H3/t9?,10-,11-/m1/s1. The molecule has 0 N–H and O–H groups in total. The fraction of sp³-hybridized carbons (Fsp3) is 0.857. The molecule has 2 saturated heterocycles. The van der Waals surface area contributed by atoms with Gasteiger partial charge in [0.1, 0.15) is 6.10 Å². The first-order valence-electron chi connectivity index (χ1n) is 7.61. The predicted molar refractivity (Wildman–Crippen MR) is 84.9 cm³/mol. The number of amides is 2. The van der Waals surface area contributed by atoms with Gasteiger partial charge in [-0.2, -0.15) is 0 Å². The molecule has 0 aromatic rings. The van der Waals surface area contributed by atoms with Gasteiger partial charge < -0.3 is 23.8 Å². The maximum Gasteiger partial charge on any atom is 0.334 e. The van der Waals surface area contributed by atoms with Gasteiger partial charge in [-0.05, 0) is 13.8 Å². The second kappa shape index (κ2) is 7.59. The van der Waals surface area contributed by atoms with E-state index in [1.165, 1.54) is 9.80 Å². The summed E-state index contributed by atoms with van der Waals surface area (Å²) < 4.78 is 27.8. The first-order valence-corrected chi connectivity index (χ1v) is 8.71. The van der Waals surface area contributed by atoms with E-state index in [9.17, 15) is 9.59 Å². The fourth-order valence-corrected chi connectivity index (χ4v) is 3.46. The number of hydrogen-bond donors (Lipinski definition) is 0. The van der Waals surface area contributed by atoms with Crippen LogP contribution in [0.1, 0.15) is 13.8 Å². The quantitative estimate of drug-likeness (QED) is 0.650. The number of likely N-dealkylation sites (N-methyl/N-ethyl adjacent to an activating group) is 2. The molecule has 2 fully saturated rings. The van der Waals surface area contributed by atoms with Crippen molar-refractivity contribution in [3.63, 3.8) is 0 Å². The first-order chi connectivity index (χ1) is 11.1. The zero-order valence-electron chi connectivity index (χ0n) is 14.8. The normalized spacial score (nSPS) is 29.7. The molecule has 2 heterocycles. The summed E-state index contributed by atoms with van der Waals surface area (Å²) in [6.07, 6.45) is -2.28. The van der Waals surface area contributed by atoms with Crippen LogP contribution in [0.2, 0.25) is 0 Å². The fourth-order valence-electron chi connectivity index (χ4n) is 2.23. The van der Waals surface area contributed by atoms with Crippen LogP contribution in [-0.4, -0.2) is 87.1 Å². The largest absolute Gasteiger partial charge is 0.348 e. The second-order valence-electron chi connectivity index (χ2n) is 6.49. The first kappa shape index (κ1) is 19.5. The minimum atomic E-state index is -1.82. The molecule has 9 nitrogen and oxygen atoms in total. The van der Waals surface area contributed by atoms with E-state index in [-0.39, 0.29) is 24.5 Å². The van der Waals surface area contributed by atoms with Crippen LogP contribution in [0.3, 0.4) is 0 Å². The van der Waals surface area contributed by atoms with E-state index >= 15 is 0 Å². The lowest BCUT2D eigenvalue weighted by Gasteiger charge is -2.21. The molecule has 1 unspecified atom stereocenters. The molecule has 2 amide bonds. The average Bonchev–Trinajstić information content (AvgIpc) is 3.06. The predicted octanol–water partition coefficient (Wildman–Crippen LogP) is 0.342. The Labute approximate surface area is 143 Å². The van der Waals surface area contributed by atoms with Crippen LogP contribution in [0.15, 0.2) is 0 Å². The molecule has 2 aliphatic rings. The molecule has 138 valence electrons. The van der Waals surface area contributed by atoms with E-state index in [4.69, 9.17) is 23.0 Å². The van der Waals surface area contributed by atoms with Crippen molar-refractivity contribution in [1.29, 1.82) is 0 Å². The molecule has 0 bridgehead atoms. The highest BCUT2D eigenvalue weighted by Gasteiger charge is 2.48. The van der Waals surface area contributed by atoms with Crippen molar-refractivity contribution in [2.45, 2.75) is 37.9 Å². The van der Waals surface area contributed by atoms with E-state index in [2.05, 4.69) is 0 Å². The van der Waals surface area contributed by atoms with Crippen molar-refractivity contribution in [2.24, 2.45) is 0 Å². The molecule has 0 radical (unpaired) electrons. The minimum absolute atomic E-state index is 0.195. The second-order valence-corrected chi connectivity index (χ2v) is 7.61. The maximum atomic E-state index is 12.2. The van der Waals surface area contributed by atoms with E-state index in [1.54, 1.807) is 28.2 Å². The van der Waals surface area contributed by atoms with E-state index in [0.717, 1.165) is 0 Å². The molecule has 0 aromatic heterocycles. The Kier molecular flexibility index (Phi) is 6.17.